The van der Waals surface area contributed by atoms with Gasteiger partial charge >= 0.3 is 6.03 Å². The van der Waals surface area contributed by atoms with Crippen LogP contribution in [0.2, 0.25) is 0 Å². The van der Waals surface area contributed by atoms with E-state index in [1.165, 1.54) is 18.4 Å². The summed E-state index contributed by atoms with van der Waals surface area (Å²) in [5.74, 6) is 1.76. The van der Waals surface area contributed by atoms with Crippen molar-refractivity contribution < 1.29 is 13.2 Å². The number of nitrogens with zero attached hydrogens (tertiary/aromatic N) is 2. The van der Waals surface area contributed by atoms with Gasteiger partial charge in [-0.1, -0.05) is 21.6 Å². The van der Waals surface area contributed by atoms with Crippen LogP contribution in [-0.4, -0.2) is 74.6 Å². The first-order valence-electron chi connectivity index (χ1n) is 5.61. The molecule has 2 amide bonds. The average Bonchev–Trinajstić information content (AvgIpc) is 2.56. The second kappa shape index (κ2) is 7.46. The summed E-state index contributed by atoms with van der Waals surface area (Å²) in [5.41, 5.74) is 0. The van der Waals surface area contributed by atoms with Gasteiger partial charge in [-0.2, -0.15) is 0 Å². The van der Waals surface area contributed by atoms with Gasteiger partial charge < -0.3 is 10.2 Å². The van der Waals surface area contributed by atoms with Gasteiger partial charge in [-0.3, -0.25) is 0 Å². The summed E-state index contributed by atoms with van der Waals surface area (Å²) in [6, 6.07) is -0.174. The summed E-state index contributed by atoms with van der Waals surface area (Å²) in [5, 5.41) is 2.65. The molecule has 0 aromatic heterocycles. The summed E-state index contributed by atoms with van der Waals surface area (Å²) >= 11 is 0. The zero-order valence-corrected chi connectivity index (χ0v) is 13.0. The van der Waals surface area contributed by atoms with Gasteiger partial charge in [0.25, 0.3) is 0 Å². The van der Waals surface area contributed by atoms with Gasteiger partial charge in [0.2, 0.25) is 10.0 Å². The lowest BCUT2D eigenvalue weighted by atomic mass is 10.5. The molecule has 0 aromatic rings. The molecule has 0 spiro atoms. The van der Waals surface area contributed by atoms with E-state index in [0.717, 1.165) is 11.5 Å². The molecule has 0 bridgehead atoms. The molecule has 1 heterocycles. The quantitative estimate of drug-likeness (QED) is 0.755. The maximum absolute atomic E-state index is 11.8. The maximum atomic E-state index is 11.8. The van der Waals surface area contributed by atoms with Crippen LogP contribution in [0.1, 0.15) is 0 Å². The highest BCUT2D eigenvalue weighted by Crippen LogP contribution is 2.23. The van der Waals surface area contributed by atoms with Gasteiger partial charge in [0.15, 0.2) is 0 Å². The van der Waals surface area contributed by atoms with Crippen molar-refractivity contribution in [2.75, 3.05) is 51.0 Å². The van der Waals surface area contributed by atoms with Gasteiger partial charge in [0, 0.05) is 45.2 Å². The van der Waals surface area contributed by atoms with Gasteiger partial charge in [-0.05, 0) is 0 Å². The van der Waals surface area contributed by atoms with E-state index in [-0.39, 0.29) is 18.3 Å². The molecule has 1 saturated heterocycles. The predicted octanol–water partition coefficient (Wildman–Crippen LogP) is 0.284. The summed E-state index contributed by atoms with van der Waals surface area (Å²) in [4.78, 5) is 13.5. The maximum Gasteiger partial charge on any atom is 0.317 e. The molecule has 18 heavy (non-hydrogen) atoms. The van der Waals surface area contributed by atoms with E-state index < -0.39 is 10.0 Å². The van der Waals surface area contributed by atoms with E-state index in [9.17, 15) is 13.2 Å². The molecule has 1 aliphatic rings. The SMILES string of the molecule is CN(C)S(=O)(=O)CCNC(=O)N1CCSSCC1. The van der Waals surface area contributed by atoms with Crippen LogP contribution in [0.4, 0.5) is 4.79 Å². The largest absolute Gasteiger partial charge is 0.337 e. The number of urea groups is 1. The molecule has 9 heteroatoms. The Bertz CT molecular complexity index is 364. The summed E-state index contributed by atoms with van der Waals surface area (Å²) in [6.45, 7) is 1.57. The molecule has 1 aliphatic heterocycles. The molecule has 0 unspecified atom stereocenters. The number of carbonyl (C=O) groups excluding carboxylic acids is 1. The van der Waals surface area contributed by atoms with Crippen LogP contribution < -0.4 is 5.32 Å². The molecule has 0 aromatic carbocycles. The van der Waals surface area contributed by atoms with Crippen molar-refractivity contribution in [3.8, 4) is 0 Å². The zero-order chi connectivity index (χ0) is 13.6. The first kappa shape index (κ1) is 15.9. The molecule has 1 rings (SSSR count). The Morgan fingerprint density at radius 3 is 2.33 bits per heavy atom. The lowest BCUT2D eigenvalue weighted by molar-refractivity contribution is 0.205. The van der Waals surface area contributed by atoms with E-state index >= 15 is 0 Å². The van der Waals surface area contributed by atoms with Crippen molar-refractivity contribution in [1.29, 1.82) is 0 Å². The molecule has 0 atom stereocenters. The normalized spacial score (nSPS) is 17.6. The topological polar surface area (TPSA) is 69.7 Å². The predicted molar refractivity (Wildman–Crippen MR) is 77.4 cm³/mol. The van der Waals surface area contributed by atoms with Crippen LogP contribution in [0.3, 0.4) is 0 Å². The third kappa shape index (κ3) is 5.25. The van der Waals surface area contributed by atoms with Crippen LogP contribution in [0.5, 0.6) is 0 Å². The second-order valence-electron chi connectivity index (χ2n) is 3.96. The Hall–Kier alpha value is -0.120. The van der Waals surface area contributed by atoms with E-state index in [1.807, 2.05) is 0 Å². The van der Waals surface area contributed by atoms with Crippen molar-refractivity contribution in [3.63, 3.8) is 0 Å². The number of hydrogen-bond acceptors (Lipinski definition) is 5. The fraction of sp³-hybridized carbons (Fsp3) is 0.889. The van der Waals surface area contributed by atoms with Crippen molar-refractivity contribution in [2.45, 2.75) is 0 Å². The fourth-order valence-electron chi connectivity index (χ4n) is 1.31. The van der Waals surface area contributed by atoms with Crippen molar-refractivity contribution in [2.24, 2.45) is 0 Å². The van der Waals surface area contributed by atoms with Gasteiger partial charge in [0.1, 0.15) is 0 Å². The first-order chi connectivity index (χ1) is 8.43. The first-order valence-corrected chi connectivity index (χ1v) is 9.70. The number of sulfonamides is 1. The highest BCUT2D eigenvalue weighted by molar-refractivity contribution is 8.76. The Kier molecular flexibility index (Phi) is 6.61. The minimum absolute atomic E-state index is 0.0664. The number of hydrogen-bond donors (Lipinski definition) is 1. The van der Waals surface area contributed by atoms with Gasteiger partial charge in [-0.25, -0.2) is 17.5 Å². The molecule has 0 aliphatic carbocycles. The molecule has 106 valence electrons. The minimum atomic E-state index is -3.24. The number of nitrogens with one attached hydrogen (secondary N) is 1. The molecule has 1 fully saturated rings. The molecule has 0 saturated carbocycles. The fourth-order valence-corrected chi connectivity index (χ4v) is 4.01. The monoisotopic (exact) mass is 313 g/mol. The Morgan fingerprint density at radius 1 is 1.28 bits per heavy atom. The summed E-state index contributed by atoms with van der Waals surface area (Å²) in [7, 11) is 3.26. The molecular weight excluding hydrogens is 294 g/mol. The Labute approximate surface area is 116 Å². The lowest BCUT2D eigenvalue weighted by Gasteiger charge is -2.20. The third-order valence-corrected chi connectivity index (χ3v) is 6.65. The van der Waals surface area contributed by atoms with Crippen LogP contribution in [0.15, 0.2) is 0 Å². The van der Waals surface area contributed by atoms with Crippen molar-refractivity contribution in [3.05, 3.63) is 0 Å². The zero-order valence-electron chi connectivity index (χ0n) is 10.6. The van der Waals surface area contributed by atoms with Crippen LogP contribution in [0, 0.1) is 0 Å². The smallest absolute Gasteiger partial charge is 0.317 e. The van der Waals surface area contributed by atoms with Crippen molar-refractivity contribution >= 4 is 37.6 Å². The molecule has 1 N–H and O–H groups in total. The Morgan fingerprint density at radius 2 is 1.83 bits per heavy atom. The number of amides is 2. The number of rotatable bonds is 4. The highest BCUT2D eigenvalue weighted by atomic mass is 33.1. The summed E-state index contributed by atoms with van der Waals surface area (Å²) < 4.78 is 24.2. The lowest BCUT2D eigenvalue weighted by Crippen LogP contribution is -2.43. The van der Waals surface area contributed by atoms with Gasteiger partial charge in [-0.15, -0.1) is 0 Å². The van der Waals surface area contributed by atoms with Crippen LogP contribution >= 0.6 is 21.6 Å². The standard InChI is InChI=1S/C9H19N3O3S3/c1-11(2)18(14,15)8-3-10-9(13)12-4-6-16-17-7-5-12/h3-8H2,1-2H3,(H,10,13). The third-order valence-electron chi connectivity index (χ3n) is 2.45. The van der Waals surface area contributed by atoms with E-state index in [1.54, 1.807) is 26.5 Å². The van der Waals surface area contributed by atoms with E-state index in [4.69, 9.17) is 0 Å². The van der Waals surface area contributed by atoms with Gasteiger partial charge in [0.05, 0.1) is 5.75 Å². The van der Waals surface area contributed by atoms with Crippen LogP contribution in [-0.2, 0) is 10.0 Å². The van der Waals surface area contributed by atoms with E-state index in [0.29, 0.717) is 13.1 Å². The molecule has 0 radical (unpaired) electrons. The highest BCUT2D eigenvalue weighted by Gasteiger charge is 2.17. The van der Waals surface area contributed by atoms with Crippen molar-refractivity contribution in [1.82, 2.24) is 14.5 Å². The second-order valence-corrected chi connectivity index (χ2v) is 8.97. The molecular formula is C9H19N3O3S3. The molecule has 6 nitrogen and oxygen atoms in total. The average molecular weight is 313 g/mol. The number of carbonyl (C=O) groups is 1. The summed E-state index contributed by atoms with van der Waals surface area (Å²) in [6.07, 6.45) is 0. The van der Waals surface area contributed by atoms with E-state index in [2.05, 4.69) is 5.32 Å². The Balaban J connectivity index is 2.32. The van der Waals surface area contributed by atoms with Crippen LogP contribution in [0.25, 0.3) is 0 Å². The minimum Gasteiger partial charge on any atom is -0.337 e.